The van der Waals surface area contributed by atoms with Gasteiger partial charge in [-0.1, -0.05) is 18.2 Å². The zero-order chi connectivity index (χ0) is 20.4. The van der Waals surface area contributed by atoms with Gasteiger partial charge in [-0.05, 0) is 31.3 Å². The lowest BCUT2D eigenvalue weighted by Gasteiger charge is -2.21. The Labute approximate surface area is 169 Å². The molecule has 8 nitrogen and oxygen atoms in total. The van der Waals surface area contributed by atoms with Gasteiger partial charge in [0.1, 0.15) is 5.82 Å². The number of carbonyl (C=O) groups is 2. The summed E-state index contributed by atoms with van der Waals surface area (Å²) in [4.78, 5) is 26.2. The van der Waals surface area contributed by atoms with E-state index in [0.717, 1.165) is 11.5 Å². The zero-order valence-corrected chi connectivity index (χ0v) is 16.7. The molecule has 2 amide bonds. The van der Waals surface area contributed by atoms with Crippen LogP contribution in [-0.4, -0.2) is 39.7 Å². The second-order valence-corrected chi connectivity index (χ2v) is 6.46. The number of hydrogen-bond donors (Lipinski definition) is 2. The smallest absolute Gasteiger partial charge is 0.227 e. The highest BCUT2D eigenvalue weighted by molar-refractivity contribution is 7.71. The third-order valence-electron chi connectivity index (χ3n) is 4.21. The molecule has 0 unspecified atom stereocenters. The Morgan fingerprint density at radius 3 is 2.75 bits per heavy atom. The molecule has 0 radical (unpaired) electrons. The van der Waals surface area contributed by atoms with Crippen molar-refractivity contribution in [3.63, 3.8) is 0 Å². The molecule has 2 rings (SSSR count). The second-order valence-electron chi connectivity index (χ2n) is 6.08. The van der Waals surface area contributed by atoms with Crippen molar-refractivity contribution in [3.8, 4) is 6.07 Å². The van der Waals surface area contributed by atoms with E-state index in [2.05, 4.69) is 21.6 Å². The van der Waals surface area contributed by atoms with Crippen LogP contribution >= 0.6 is 12.2 Å². The van der Waals surface area contributed by atoms with Gasteiger partial charge in [-0.15, -0.1) is 0 Å². The summed E-state index contributed by atoms with van der Waals surface area (Å²) in [6, 6.07) is 11.2. The van der Waals surface area contributed by atoms with Gasteiger partial charge in [0.25, 0.3) is 0 Å². The topological polar surface area (TPSA) is 107 Å². The van der Waals surface area contributed by atoms with Crippen LogP contribution in [0.3, 0.4) is 0 Å². The Kier molecular flexibility index (Phi) is 8.37. The first kappa shape index (κ1) is 21.3. The van der Waals surface area contributed by atoms with Gasteiger partial charge >= 0.3 is 0 Å². The molecule has 0 aliphatic heterocycles. The summed E-state index contributed by atoms with van der Waals surface area (Å²) in [7, 11) is 0. The Hall–Kier alpha value is -2.99. The van der Waals surface area contributed by atoms with Gasteiger partial charge in [-0.3, -0.25) is 14.7 Å². The fourth-order valence-corrected chi connectivity index (χ4v) is 3.07. The first-order valence-corrected chi connectivity index (χ1v) is 9.60. The molecule has 1 heterocycles. The molecule has 0 spiro atoms. The third-order valence-corrected chi connectivity index (χ3v) is 4.52. The molecule has 0 aliphatic carbocycles. The lowest BCUT2D eigenvalue weighted by molar-refractivity contribution is -0.125. The van der Waals surface area contributed by atoms with E-state index in [-0.39, 0.29) is 31.1 Å². The number of nitriles is 1. The minimum atomic E-state index is -0.196. The monoisotopic (exact) mass is 400 g/mol. The number of aromatic nitrogens is 3. The Morgan fingerprint density at radius 2 is 2.07 bits per heavy atom. The molecule has 2 aromatic rings. The van der Waals surface area contributed by atoms with Crippen LogP contribution in [0.2, 0.25) is 0 Å². The normalized spacial score (nSPS) is 10.3. The van der Waals surface area contributed by atoms with E-state index < -0.39 is 0 Å². The average Bonchev–Trinajstić information content (AvgIpc) is 3.07. The molecule has 0 fully saturated rings. The predicted molar refractivity (Wildman–Crippen MR) is 108 cm³/mol. The molecule has 9 heteroatoms. The van der Waals surface area contributed by atoms with Gasteiger partial charge in [0.05, 0.1) is 12.5 Å². The van der Waals surface area contributed by atoms with E-state index >= 15 is 0 Å². The van der Waals surface area contributed by atoms with Crippen molar-refractivity contribution in [2.45, 2.75) is 39.2 Å². The average molecular weight is 401 g/mol. The maximum Gasteiger partial charge on any atom is 0.227 e. The highest BCUT2D eigenvalue weighted by Gasteiger charge is 2.16. The summed E-state index contributed by atoms with van der Waals surface area (Å²) in [6.07, 6.45) is 0.965. The number of hydrogen-bond acceptors (Lipinski definition) is 5. The molecule has 2 N–H and O–H groups in total. The summed E-state index contributed by atoms with van der Waals surface area (Å²) in [6.45, 7) is 3.42. The number of rotatable bonds is 10. The molecule has 148 valence electrons. The molecule has 0 saturated carbocycles. The van der Waals surface area contributed by atoms with Gasteiger partial charge in [-0.25, -0.2) is 0 Å². The standard InChI is InChI=1S/C19H24N6O2S/c1-2-24-16(22-23-19(24)28)11-13-21-17(26)9-10-18(27)25(14-6-12-20)15-7-4-3-5-8-15/h3-5,7-8H,2,6,9-11,13-14H2,1H3,(H,21,26)(H,23,28). The van der Waals surface area contributed by atoms with Crippen LogP contribution < -0.4 is 10.2 Å². The summed E-state index contributed by atoms with van der Waals surface area (Å²) in [5, 5.41) is 18.5. The van der Waals surface area contributed by atoms with Crippen LogP contribution in [0, 0.1) is 16.1 Å². The van der Waals surface area contributed by atoms with Crippen LogP contribution in [0.25, 0.3) is 0 Å². The number of H-pyrrole nitrogens is 1. The molecule has 28 heavy (non-hydrogen) atoms. The number of aromatic amines is 1. The molecule has 1 aromatic carbocycles. The number of nitrogens with zero attached hydrogens (tertiary/aromatic N) is 4. The quantitative estimate of drug-likeness (QED) is 0.595. The van der Waals surface area contributed by atoms with E-state index in [0.29, 0.717) is 30.8 Å². The van der Waals surface area contributed by atoms with Crippen molar-refractivity contribution in [1.29, 1.82) is 5.26 Å². The maximum atomic E-state index is 12.5. The highest BCUT2D eigenvalue weighted by Crippen LogP contribution is 2.15. The first-order chi connectivity index (χ1) is 13.6. The number of carbonyl (C=O) groups excluding carboxylic acids is 2. The molecule has 1 aromatic heterocycles. The van der Waals surface area contributed by atoms with Gasteiger partial charge in [0.15, 0.2) is 4.77 Å². The zero-order valence-electron chi connectivity index (χ0n) is 15.9. The van der Waals surface area contributed by atoms with Gasteiger partial charge in [-0.2, -0.15) is 10.4 Å². The van der Waals surface area contributed by atoms with Gasteiger partial charge in [0.2, 0.25) is 11.8 Å². The molecule has 0 bridgehead atoms. The van der Waals surface area contributed by atoms with Crippen molar-refractivity contribution < 1.29 is 9.59 Å². The van der Waals surface area contributed by atoms with Crippen LogP contribution in [0.1, 0.15) is 32.0 Å². The minimum absolute atomic E-state index is 0.0832. The summed E-state index contributed by atoms with van der Waals surface area (Å²) in [5.41, 5.74) is 0.727. The largest absolute Gasteiger partial charge is 0.356 e. The fraction of sp³-hybridized carbons (Fsp3) is 0.421. The van der Waals surface area contributed by atoms with Crippen LogP contribution in [0.4, 0.5) is 5.69 Å². The van der Waals surface area contributed by atoms with Gasteiger partial charge < -0.3 is 14.8 Å². The second kappa shape index (κ2) is 11.0. The lowest BCUT2D eigenvalue weighted by atomic mass is 10.2. The van der Waals surface area contributed by atoms with Crippen molar-refractivity contribution in [2.24, 2.45) is 0 Å². The number of amides is 2. The van der Waals surface area contributed by atoms with E-state index in [1.165, 1.54) is 0 Å². The van der Waals surface area contributed by atoms with Crippen molar-refractivity contribution >= 4 is 29.7 Å². The summed E-state index contributed by atoms with van der Waals surface area (Å²) < 4.78 is 2.44. The number of anilines is 1. The number of para-hydroxylation sites is 1. The SMILES string of the molecule is CCn1c(CCNC(=O)CCC(=O)N(CCC#N)c2ccccc2)n[nH]c1=S. The van der Waals surface area contributed by atoms with E-state index in [1.54, 1.807) is 4.90 Å². The Morgan fingerprint density at radius 1 is 1.32 bits per heavy atom. The number of benzene rings is 1. The molecule has 0 aliphatic rings. The summed E-state index contributed by atoms with van der Waals surface area (Å²) >= 11 is 5.13. The van der Waals surface area contributed by atoms with Crippen LogP contribution in [0.5, 0.6) is 0 Å². The predicted octanol–water partition coefficient (Wildman–Crippen LogP) is 2.35. The minimum Gasteiger partial charge on any atom is -0.356 e. The Bertz CT molecular complexity index is 884. The summed E-state index contributed by atoms with van der Waals surface area (Å²) in [5.74, 6) is 0.415. The van der Waals surface area contributed by atoms with E-state index in [4.69, 9.17) is 17.5 Å². The van der Waals surface area contributed by atoms with E-state index in [9.17, 15) is 9.59 Å². The van der Waals surface area contributed by atoms with Crippen LogP contribution in [0.15, 0.2) is 30.3 Å². The van der Waals surface area contributed by atoms with Crippen molar-refractivity contribution in [1.82, 2.24) is 20.1 Å². The fourth-order valence-electron chi connectivity index (χ4n) is 2.79. The molecular formula is C19H24N6O2S. The lowest BCUT2D eigenvalue weighted by Crippen LogP contribution is -2.33. The first-order valence-electron chi connectivity index (χ1n) is 9.20. The van der Waals surface area contributed by atoms with E-state index in [1.807, 2.05) is 41.8 Å². The van der Waals surface area contributed by atoms with Crippen molar-refractivity contribution in [3.05, 3.63) is 40.9 Å². The highest BCUT2D eigenvalue weighted by atomic mass is 32.1. The van der Waals surface area contributed by atoms with Gasteiger partial charge in [0, 0.05) is 44.6 Å². The molecule has 0 atom stereocenters. The Balaban J connectivity index is 1.82. The van der Waals surface area contributed by atoms with Crippen LogP contribution in [-0.2, 0) is 22.6 Å². The van der Waals surface area contributed by atoms with Crippen molar-refractivity contribution in [2.75, 3.05) is 18.0 Å². The maximum absolute atomic E-state index is 12.5. The third kappa shape index (κ3) is 6.03. The number of nitrogens with one attached hydrogen (secondary N) is 2. The molecule has 0 saturated heterocycles. The molecular weight excluding hydrogens is 376 g/mol.